The molecule has 1 amide bonds. The number of hydrogen-bond acceptors (Lipinski definition) is 7. The number of hydrazone groups is 1. The van der Waals surface area contributed by atoms with Crippen molar-refractivity contribution < 1.29 is 13.9 Å². The molecular weight excluding hydrogens is 450 g/mol. The maximum absolute atomic E-state index is 12.3. The molecule has 4 rings (SSSR count). The molecular formula is C25H23N5O3S. The van der Waals surface area contributed by atoms with Crippen LogP contribution in [0, 0.1) is 6.92 Å². The van der Waals surface area contributed by atoms with Gasteiger partial charge in [0.15, 0.2) is 11.0 Å². The molecule has 0 fully saturated rings. The van der Waals surface area contributed by atoms with Crippen molar-refractivity contribution in [2.75, 3.05) is 12.9 Å². The van der Waals surface area contributed by atoms with Crippen LogP contribution in [0.15, 0.2) is 87.7 Å². The zero-order valence-electron chi connectivity index (χ0n) is 18.7. The van der Waals surface area contributed by atoms with Gasteiger partial charge in [-0.2, -0.15) is 5.10 Å². The van der Waals surface area contributed by atoms with E-state index in [0.29, 0.717) is 16.7 Å². The van der Waals surface area contributed by atoms with E-state index in [2.05, 4.69) is 20.7 Å². The monoisotopic (exact) mass is 473 g/mol. The maximum Gasteiger partial charge on any atom is 0.250 e. The average Bonchev–Trinajstić information content (AvgIpc) is 3.53. The average molecular weight is 474 g/mol. The van der Waals surface area contributed by atoms with Gasteiger partial charge in [-0.15, -0.1) is 10.2 Å². The third kappa shape index (κ3) is 5.81. The Kier molecular flexibility index (Phi) is 7.56. The number of methoxy groups -OCH3 is 1. The second kappa shape index (κ2) is 11.2. The van der Waals surface area contributed by atoms with Gasteiger partial charge in [0.05, 0.1) is 19.1 Å². The molecule has 172 valence electrons. The van der Waals surface area contributed by atoms with Gasteiger partial charge in [-0.25, -0.2) is 5.43 Å². The second-order valence-corrected chi connectivity index (χ2v) is 8.12. The number of ether oxygens (including phenoxy) is 1. The van der Waals surface area contributed by atoms with Crippen molar-refractivity contribution in [1.82, 2.24) is 20.2 Å². The van der Waals surface area contributed by atoms with Crippen molar-refractivity contribution in [3.63, 3.8) is 0 Å². The number of amides is 1. The summed E-state index contributed by atoms with van der Waals surface area (Å²) in [6, 6.07) is 19.3. The van der Waals surface area contributed by atoms with Crippen LogP contribution in [0.4, 0.5) is 0 Å². The Hall–Kier alpha value is -4.11. The van der Waals surface area contributed by atoms with Crippen LogP contribution >= 0.6 is 11.8 Å². The van der Waals surface area contributed by atoms with Crippen molar-refractivity contribution >= 4 is 30.0 Å². The highest BCUT2D eigenvalue weighted by atomic mass is 32.2. The number of nitrogens with one attached hydrogen (secondary N) is 1. The van der Waals surface area contributed by atoms with Gasteiger partial charge in [-0.05, 0) is 55.5 Å². The molecule has 0 unspecified atom stereocenters. The fourth-order valence-corrected chi connectivity index (χ4v) is 3.80. The summed E-state index contributed by atoms with van der Waals surface area (Å²) in [6.07, 6.45) is 6.50. The topological polar surface area (TPSA) is 94.5 Å². The van der Waals surface area contributed by atoms with Crippen LogP contribution in [0.2, 0.25) is 0 Å². The molecule has 34 heavy (non-hydrogen) atoms. The van der Waals surface area contributed by atoms with Gasteiger partial charge in [0.2, 0.25) is 0 Å². The predicted octanol–water partition coefficient (Wildman–Crippen LogP) is 4.75. The van der Waals surface area contributed by atoms with E-state index >= 15 is 0 Å². The molecule has 0 spiro atoms. The normalized spacial score (nSPS) is 11.4. The molecule has 0 saturated carbocycles. The standard InChI is InChI=1S/C25H23N5O3S/c1-18-7-9-19(10-8-18)24-28-29-25(30(24)20-11-13-21(32-2)14-12-20)34-17-23(31)27-26-15-3-5-22-6-4-16-33-22/h3-16H,17H2,1-2H3,(H,27,31)/b5-3-,26-15+. The fourth-order valence-electron chi connectivity index (χ4n) is 3.06. The zero-order chi connectivity index (χ0) is 23.8. The summed E-state index contributed by atoms with van der Waals surface area (Å²) in [5, 5.41) is 13.3. The number of carbonyl (C=O) groups excluding carboxylic acids is 1. The van der Waals surface area contributed by atoms with E-state index in [-0.39, 0.29) is 11.7 Å². The number of benzene rings is 2. The highest BCUT2D eigenvalue weighted by Gasteiger charge is 2.17. The Morgan fingerprint density at radius 3 is 2.65 bits per heavy atom. The SMILES string of the molecule is COc1ccc(-n2c(SCC(=O)N/N=C/C=C\c3ccco3)nnc2-c2ccc(C)cc2)cc1. The molecule has 0 atom stereocenters. The minimum absolute atomic E-state index is 0.126. The van der Waals surface area contributed by atoms with Gasteiger partial charge in [0, 0.05) is 17.5 Å². The van der Waals surface area contributed by atoms with Crippen LogP contribution in [0.25, 0.3) is 23.2 Å². The van der Waals surface area contributed by atoms with Crippen molar-refractivity contribution in [3.8, 4) is 22.8 Å². The molecule has 2 aromatic heterocycles. The lowest BCUT2D eigenvalue weighted by Crippen LogP contribution is -2.19. The van der Waals surface area contributed by atoms with E-state index < -0.39 is 0 Å². The van der Waals surface area contributed by atoms with Crippen LogP contribution in [0.5, 0.6) is 5.75 Å². The minimum Gasteiger partial charge on any atom is -0.497 e. The number of allylic oxidation sites excluding steroid dienone is 1. The third-order valence-electron chi connectivity index (χ3n) is 4.76. The summed E-state index contributed by atoms with van der Waals surface area (Å²) in [4.78, 5) is 12.3. The summed E-state index contributed by atoms with van der Waals surface area (Å²) in [5.74, 6) is 2.02. The van der Waals surface area contributed by atoms with Gasteiger partial charge < -0.3 is 9.15 Å². The first-order valence-electron chi connectivity index (χ1n) is 10.5. The molecule has 0 saturated heterocycles. The molecule has 2 aromatic carbocycles. The van der Waals surface area contributed by atoms with Crippen molar-refractivity contribution in [2.45, 2.75) is 12.1 Å². The van der Waals surface area contributed by atoms with E-state index in [9.17, 15) is 4.79 Å². The van der Waals surface area contributed by atoms with E-state index in [4.69, 9.17) is 9.15 Å². The molecule has 4 aromatic rings. The molecule has 0 aliphatic heterocycles. The van der Waals surface area contributed by atoms with Crippen LogP contribution < -0.4 is 10.2 Å². The predicted molar refractivity (Wildman–Crippen MR) is 133 cm³/mol. The second-order valence-electron chi connectivity index (χ2n) is 7.18. The van der Waals surface area contributed by atoms with Gasteiger partial charge in [-0.1, -0.05) is 41.6 Å². The van der Waals surface area contributed by atoms with Crippen LogP contribution in [0.3, 0.4) is 0 Å². The van der Waals surface area contributed by atoms with Gasteiger partial charge in [-0.3, -0.25) is 9.36 Å². The van der Waals surface area contributed by atoms with Crippen molar-refractivity contribution in [1.29, 1.82) is 0 Å². The van der Waals surface area contributed by atoms with Crippen LogP contribution in [-0.2, 0) is 4.79 Å². The number of rotatable bonds is 9. The summed E-state index contributed by atoms with van der Waals surface area (Å²) in [6.45, 7) is 2.03. The van der Waals surface area contributed by atoms with Crippen LogP contribution in [0.1, 0.15) is 11.3 Å². The van der Waals surface area contributed by atoms with E-state index in [1.54, 1.807) is 31.6 Å². The van der Waals surface area contributed by atoms with Gasteiger partial charge >= 0.3 is 0 Å². The molecule has 8 nitrogen and oxygen atoms in total. The lowest BCUT2D eigenvalue weighted by atomic mass is 10.1. The Bertz CT molecular complexity index is 1280. The van der Waals surface area contributed by atoms with Crippen molar-refractivity contribution in [3.05, 3.63) is 84.3 Å². The maximum atomic E-state index is 12.3. The number of nitrogens with zero attached hydrogens (tertiary/aromatic N) is 4. The number of hydrogen-bond donors (Lipinski definition) is 1. The molecule has 9 heteroatoms. The van der Waals surface area contributed by atoms with E-state index in [1.165, 1.54) is 18.0 Å². The van der Waals surface area contributed by atoms with E-state index in [0.717, 1.165) is 22.6 Å². The fraction of sp³-hybridized carbons (Fsp3) is 0.120. The highest BCUT2D eigenvalue weighted by molar-refractivity contribution is 7.99. The summed E-state index contributed by atoms with van der Waals surface area (Å²) in [5.41, 5.74) is 5.46. The van der Waals surface area contributed by atoms with Gasteiger partial charge in [0.1, 0.15) is 11.5 Å². The Morgan fingerprint density at radius 2 is 1.94 bits per heavy atom. The number of thioether (sulfide) groups is 1. The van der Waals surface area contributed by atoms with Crippen LogP contribution in [-0.4, -0.2) is 39.7 Å². The molecule has 0 aliphatic rings. The molecule has 2 heterocycles. The Morgan fingerprint density at radius 1 is 1.15 bits per heavy atom. The quantitative estimate of drug-likeness (QED) is 0.214. The number of aromatic nitrogens is 3. The zero-order valence-corrected chi connectivity index (χ0v) is 19.5. The Labute approximate surface area is 201 Å². The number of carbonyl (C=O) groups is 1. The van der Waals surface area contributed by atoms with Crippen molar-refractivity contribution in [2.24, 2.45) is 5.10 Å². The summed E-state index contributed by atoms with van der Waals surface area (Å²) in [7, 11) is 1.63. The molecule has 0 aliphatic carbocycles. The first-order valence-corrected chi connectivity index (χ1v) is 11.4. The minimum atomic E-state index is -0.256. The summed E-state index contributed by atoms with van der Waals surface area (Å²) >= 11 is 1.28. The molecule has 0 bridgehead atoms. The first-order chi connectivity index (χ1) is 16.6. The largest absolute Gasteiger partial charge is 0.497 e. The van der Waals surface area contributed by atoms with Gasteiger partial charge in [0.25, 0.3) is 5.91 Å². The van der Waals surface area contributed by atoms with E-state index in [1.807, 2.05) is 66.1 Å². The lowest BCUT2D eigenvalue weighted by molar-refractivity contribution is -0.118. The molecule has 0 radical (unpaired) electrons. The summed E-state index contributed by atoms with van der Waals surface area (Å²) < 4.78 is 12.4. The third-order valence-corrected chi connectivity index (χ3v) is 5.69. The Balaban J connectivity index is 1.48. The lowest BCUT2D eigenvalue weighted by Gasteiger charge is -2.11. The highest BCUT2D eigenvalue weighted by Crippen LogP contribution is 2.29. The smallest absolute Gasteiger partial charge is 0.250 e. The molecule has 1 N–H and O–H groups in total. The number of aryl methyl sites for hydroxylation is 1. The number of furan rings is 1. The first kappa shape index (κ1) is 23.1.